The van der Waals surface area contributed by atoms with Gasteiger partial charge in [-0.25, -0.2) is 4.98 Å². The number of fused-ring (bicyclic) bond motifs is 1. The van der Waals surface area contributed by atoms with Crippen LogP contribution in [-0.4, -0.2) is 47.2 Å². The molecule has 0 saturated carbocycles. The van der Waals surface area contributed by atoms with E-state index in [4.69, 9.17) is 21.1 Å². The monoisotopic (exact) mass is 509 g/mol. The molecule has 3 heterocycles. The summed E-state index contributed by atoms with van der Waals surface area (Å²) in [5.74, 6) is 0.856. The van der Waals surface area contributed by atoms with E-state index in [0.717, 1.165) is 42.8 Å². The van der Waals surface area contributed by atoms with E-state index < -0.39 is 0 Å². The molecule has 4 aromatic rings. The first-order chi connectivity index (χ1) is 17.0. The Morgan fingerprint density at radius 2 is 1.83 bits per heavy atom. The highest BCUT2D eigenvalue weighted by atomic mass is 35.5. The van der Waals surface area contributed by atoms with Crippen molar-refractivity contribution in [3.63, 3.8) is 0 Å². The Labute approximate surface area is 211 Å². The topological polar surface area (TPSA) is 73.7 Å². The number of piperidine rings is 1. The zero-order valence-electron chi connectivity index (χ0n) is 19.2. The maximum atomic E-state index is 13.3. The number of nitrogens with zero attached hydrogens (tertiary/aromatic N) is 3. The van der Waals surface area contributed by atoms with E-state index >= 15 is 0 Å². The minimum Gasteiger partial charge on any atom is -0.493 e. The summed E-state index contributed by atoms with van der Waals surface area (Å²) in [6.07, 6.45) is 4.73. The number of rotatable bonds is 6. The van der Waals surface area contributed by atoms with Crippen molar-refractivity contribution in [2.24, 2.45) is 0 Å². The van der Waals surface area contributed by atoms with Crippen LogP contribution in [-0.2, 0) is 4.79 Å². The second-order valence-electron chi connectivity index (χ2n) is 8.32. The van der Waals surface area contributed by atoms with Crippen molar-refractivity contribution in [1.82, 2.24) is 14.5 Å². The molecule has 1 saturated heterocycles. The highest BCUT2D eigenvalue weighted by Crippen LogP contribution is 2.33. The van der Waals surface area contributed by atoms with Crippen molar-refractivity contribution < 1.29 is 14.3 Å². The van der Waals surface area contributed by atoms with E-state index in [0.29, 0.717) is 32.4 Å². The molecule has 7 nitrogen and oxygen atoms in total. The Morgan fingerprint density at radius 1 is 1.06 bits per heavy atom. The van der Waals surface area contributed by atoms with Crippen LogP contribution in [0, 0.1) is 0 Å². The van der Waals surface area contributed by atoms with Crippen LogP contribution >= 0.6 is 22.9 Å². The van der Waals surface area contributed by atoms with Crippen molar-refractivity contribution in [2.45, 2.75) is 19.3 Å². The molecule has 1 aliphatic heterocycles. The minimum absolute atomic E-state index is 0.0316. The summed E-state index contributed by atoms with van der Waals surface area (Å²) >= 11 is 7.39. The fourth-order valence-electron chi connectivity index (χ4n) is 4.15. The van der Waals surface area contributed by atoms with Gasteiger partial charge in [-0.3, -0.25) is 14.2 Å². The summed E-state index contributed by atoms with van der Waals surface area (Å²) in [4.78, 5) is 33.0. The Morgan fingerprint density at radius 3 is 2.57 bits per heavy atom. The maximum Gasteiger partial charge on any atom is 0.275 e. The second-order valence-corrected chi connectivity index (χ2v) is 9.81. The zero-order chi connectivity index (χ0) is 24.4. The van der Waals surface area contributed by atoms with Gasteiger partial charge in [0.1, 0.15) is 11.0 Å². The molecule has 0 atom stereocenters. The number of methoxy groups -OCH3 is 1. The van der Waals surface area contributed by atoms with E-state index in [1.807, 2.05) is 35.2 Å². The molecule has 0 aliphatic carbocycles. The van der Waals surface area contributed by atoms with E-state index in [1.165, 1.54) is 29.3 Å². The van der Waals surface area contributed by atoms with Gasteiger partial charge < -0.3 is 14.4 Å². The van der Waals surface area contributed by atoms with Gasteiger partial charge in [-0.1, -0.05) is 23.7 Å². The normalized spacial score (nSPS) is 13.7. The predicted molar refractivity (Wildman–Crippen MR) is 138 cm³/mol. The van der Waals surface area contributed by atoms with Gasteiger partial charge in [0.15, 0.2) is 18.1 Å². The first-order valence-electron chi connectivity index (χ1n) is 11.4. The van der Waals surface area contributed by atoms with Crippen LogP contribution in [0.15, 0.2) is 59.7 Å². The Balaban J connectivity index is 1.40. The summed E-state index contributed by atoms with van der Waals surface area (Å²) in [6.45, 7) is 1.50. The van der Waals surface area contributed by atoms with Gasteiger partial charge >= 0.3 is 0 Å². The summed E-state index contributed by atoms with van der Waals surface area (Å²) in [6, 6.07) is 14.6. The van der Waals surface area contributed by atoms with Crippen LogP contribution in [0.2, 0.25) is 5.02 Å². The lowest BCUT2D eigenvalue weighted by Gasteiger charge is -2.26. The number of hydrogen-bond acceptors (Lipinski definition) is 6. The molecule has 180 valence electrons. The average Bonchev–Trinajstić information content (AvgIpc) is 3.34. The molecule has 35 heavy (non-hydrogen) atoms. The largest absolute Gasteiger partial charge is 0.493 e. The molecule has 0 spiro atoms. The third-order valence-electron chi connectivity index (χ3n) is 6.05. The standard InChI is InChI=1S/C26H24ClN3O4S/c1-33-22-13-19(9-10-21(22)34-15-24(31)29-11-3-2-4-12-29)30-16-28-20-14-23(35-25(20)26(30)32)17-5-7-18(27)8-6-17/h5-10,13-14,16H,2-4,11-12,15H2,1H3. The summed E-state index contributed by atoms with van der Waals surface area (Å²) in [7, 11) is 1.53. The summed E-state index contributed by atoms with van der Waals surface area (Å²) in [5.41, 5.74) is 2.04. The van der Waals surface area contributed by atoms with Gasteiger partial charge in [-0.2, -0.15) is 0 Å². The highest BCUT2D eigenvalue weighted by Gasteiger charge is 2.18. The van der Waals surface area contributed by atoms with Crippen LogP contribution in [0.3, 0.4) is 0 Å². The molecule has 1 aliphatic rings. The lowest BCUT2D eigenvalue weighted by molar-refractivity contribution is -0.134. The van der Waals surface area contributed by atoms with Crippen molar-refractivity contribution in [1.29, 1.82) is 0 Å². The maximum absolute atomic E-state index is 13.3. The number of likely N-dealkylation sites (tertiary alicyclic amines) is 1. The van der Waals surface area contributed by atoms with Gasteiger partial charge in [-0.05, 0) is 55.2 Å². The van der Waals surface area contributed by atoms with Crippen LogP contribution in [0.5, 0.6) is 11.5 Å². The summed E-state index contributed by atoms with van der Waals surface area (Å²) < 4.78 is 13.3. The molecule has 1 fully saturated rings. The lowest BCUT2D eigenvalue weighted by Crippen LogP contribution is -2.38. The Hall–Kier alpha value is -3.36. The molecule has 0 N–H and O–H groups in total. The molecular formula is C26H24ClN3O4S. The molecule has 1 amide bonds. The number of carbonyl (C=O) groups excluding carboxylic acids is 1. The van der Waals surface area contributed by atoms with Crippen molar-refractivity contribution in [3.05, 3.63) is 70.2 Å². The number of hydrogen-bond donors (Lipinski definition) is 0. The van der Waals surface area contributed by atoms with E-state index in [-0.39, 0.29) is 18.1 Å². The first-order valence-corrected chi connectivity index (χ1v) is 12.6. The van der Waals surface area contributed by atoms with Crippen LogP contribution in [0.4, 0.5) is 0 Å². The highest BCUT2D eigenvalue weighted by molar-refractivity contribution is 7.22. The fourth-order valence-corrected chi connectivity index (χ4v) is 5.32. The number of carbonyl (C=O) groups is 1. The second kappa shape index (κ2) is 10.1. The van der Waals surface area contributed by atoms with Crippen LogP contribution in [0.25, 0.3) is 26.3 Å². The van der Waals surface area contributed by atoms with E-state index in [2.05, 4.69) is 4.98 Å². The fraction of sp³-hybridized carbons (Fsp3) is 0.269. The van der Waals surface area contributed by atoms with E-state index in [9.17, 15) is 9.59 Å². The summed E-state index contributed by atoms with van der Waals surface area (Å²) in [5, 5.41) is 0.660. The van der Waals surface area contributed by atoms with Gasteiger partial charge in [0.05, 0.1) is 18.3 Å². The Bertz CT molecular complexity index is 1430. The van der Waals surface area contributed by atoms with Crippen molar-refractivity contribution in [2.75, 3.05) is 26.8 Å². The van der Waals surface area contributed by atoms with Gasteiger partial charge in [-0.15, -0.1) is 11.3 Å². The molecule has 0 bridgehead atoms. The first kappa shape index (κ1) is 23.4. The van der Waals surface area contributed by atoms with Gasteiger partial charge in [0, 0.05) is 29.1 Å². The number of aromatic nitrogens is 2. The SMILES string of the molecule is COc1cc(-n2cnc3cc(-c4ccc(Cl)cc4)sc3c2=O)ccc1OCC(=O)N1CCCCC1. The molecule has 2 aromatic carbocycles. The van der Waals surface area contributed by atoms with Crippen molar-refractivity contribution in [3.8, 4) is 27.6 Å². The third-order valence-corrected chi connectivity index (χ3v) is 7.47. The molecule has 9 heteroatoms. The Kier molecular flexibility index (Phi) is 6.74. The number of thiophene rings is 1. The lowest BCUT2D eigenvalue weighted by atomic mass is 10.1. The van der Waals surface area contributed by atoms with Crippen LogP contribution < -0.4 is 15.0 Å². The van der Waals surface area contributed by atoms with Gasteiger partial charge in [0.2, 0.25) is 0 Å². The van der Waals surface area contributed by atoms with E-state index in [1.54, 1.807) is 18.2 Å². The molecule has 0 unspecified atom stereocenters. The quantitative estimate of drug-likeness (QED) is 0.358. The van der Waals surface area contributed by atoms with Gasteiger partial charge in [0.25, 0.3) is 11.5 Å². The smallest absolute Gasteiger partial charge is 0.275 e. The zero-order valence-corrected chi connectivity index (χ0v) is 20.8. The molecule has 2 aromatic heterocycles. The average molecular weight is 510 g/mol. The number of amides is 1. The molecule has 5 rings (SSSR count). The third kappa shape index (κ3) is 4.90. The predicted octanol–water partition coefficient (Wildman–Crippen LogP) is 5.17. The van der Waals surface area contributed by atoms with Crippen LogP contribution in [0.1, 0.15) is 19.3 Å². The number of ether oxygens (including phenoxy) is 2. The minimum atomic E-state index is -0.170. The number of halogens is 1. The number of benzene rings is 2. The molecular weight excluding hydrogens is 486 g/mol. The van der Waals surface area contributed by atoms with Crippen molar-refractivity contribution >= 4 is 39.1 Å². The molecule has 0 radical (unpaired) electrons.